The van der Waals surface area contributed by atoms with Crippen molar-refractivity contribution in [3.63, 3.8) is 0 Å². The Bertz CT molecular complexity index is 684. The maximum absolute atomic E-state index is 6.17. The van der Waals surface area contributed by atoms with E-state index in [1.165, 1.54) is 22.4 Å². The minimum atomic E-state index is 0.215. The van der Waals surface area contributed by atoms with Gasteiger partial charge in [0.05, 0.1) is 11.8 Å². The lowest BCUT2D eigenvalue weighted by atomic mass is 9.97. The Hall–Kier alpha value is -1.58. The van der Waals surface area contributed by atoms with Crippen LogP contribution >= 0.6 is 23.5 Å². The SMILES string of the molecule is Cc1cccc(CC(NC2=CNSC2)c2cccc(Cl)c2)c1. The number of aryl methyl sites for hydroxylation is 1. The van der Waals surface area contributed by atoms with Gasteiger partial charge >= 0.3 is 0 Å². The van der Waals surface area contributed by atoms with Crippen LogP contribution in [0.5, 0.6) is 0 Å². The number of nitrogens with one attached hydrogen (secondary N) is 2. The van der Waals surface area contributed by atoms with Gasteiger partial charge in [-0.25, -0.2) is 0 Å². The summed E-state index contributed by atoms with van der Waals surface area (Å²) in [6.45, 7) is 2.13. The Morgan fingerprint density at radius 2 is 2.09 bits per heavy atom. The van der Waals surface area contributed by atoms with Crippen molar-refractivity contribution in [2.45, 2.75) is 19.4 Å². The zero-order chi connectivity index (χ0) is 15.4. The van der Waals surface area contributed by atoms with E-state index in [-0.39, 0.29) is 6.04 Å². The first-order valence-electron chi connectivity index (χ1n) is 7.34. The lowest BCUT2D eigenvalue weighted by Gasteiger charge is -2.21. The molecule has 0 saturated carbocycles. The number of halogens is 1. The van der Waals surface area contributed by atoms with E-state index in [1.54, 1.807) is 11.9 Å². The van der Waals surface area contributed by atoms with Crippen LogP contribution < -0.4 is 10.0 Å². The molecular weight excluding hydrogens is 312 g/mol. The second-order valence-corrected chi connectivity index (χ2v) is 6.77. The standard InChI is InChI=1S/C18H19ClN2S/c1-13-4-2-5-14(8-13)9-18(21-17-11-20-22-12-17)15-6-3-7-16(19)10-15/h2-8,10-11,18,20-21H,9,12H2,1H3. The molecule has 2 N–H and O–H groups in total. The highest BCUT2D eigenvalue weighted by Crippen LogP contribution is 2.24. The highest BCUT2D eigenvalue weighted by molar-refractivity contribution is 7.97. The van der Waals surface area contributed by atoms with Gasteiger partial charge in [-0.3, -0.25) is 0 Å². The zero-order valence-corrected chi connectivity index (χ0v) is 14.0. The quantitative estimate of drug-likeness (QED) is 0.782. The molecule has 2 aromatic rings. The molecule has 22 heavy (non-hydrogen) atoms. The van der Waals surface area contributed by atoms with Crippen LogP contribution in [0, 0.1) is 6.92 Å². The first-order chi connectivity index (χ1) is 10.7. The molecule has 1 aliphatic rings. The second-order valence-electron chi connectivity index (χ2n) is 5.52. The average Bonchev–Trinajstić information content (AvgIpc) is 3.00. The van der Waals surface area contributed by atoms with Crippen molar-refractivity contribution >= 4 is 23.5 Å². The smallest absolute Gasteiger partial charge is 0.0552 e. The first-order valence-corrected chi connectivity index (χ1v) is 8.71. The van der Waals surface area contributed by atoms with Crippen LogP contribution in [0.25, 0.3) is 0 Å². The molecule has 1 aliphatic heterocycles. The fourth-order valence-electron chi connectivity index (χ4n) is 2.63. The van der Waals surface area contributed by atoms with Gasteiger partial charge in [0.2, 0.25) is 0 Å². The molecule has 114 valence electrons. The maximum Gasteiger partial charge on any atom is 0.0552 e. The van der Waals surface area contributed by atoms with E-state index in [2.05, 4.69) is 47.3 Å². The zero-order valence-electron chi connectivity index (χ0n) is 12.5. The van der Waals surface area contributed by atoms with Gasteiger partial charge in [-0.15, -0.1) is 0 Å². The second kappa shape index (κ2) is 7.12. The summed E-state index contributed by atoms with van der Waals surface area (Å²) < 4.78 is 3.18. The van der Waals surface area contributed by atoms with Crippen LogP contribution in [-0.2, 0) is 6.42 Å². The number of rotatable bonds is 5. The van der Waals surface area contributed by atoms with E-state index in [9.17, 15) is 0 Å². The van der Waals surface area contributed by atoms with Crippen LogP contribution in [0.1, 0.15) is 22.7 Å². The summed E-state index contributed by atoms with van der Waals surface area (Å²) in [4.78, 5) is 0. The van der Waals surface area contributed by atoms with Crippen LogP contribution in [0.3, 0.4) is 0 Å². The van der Waals surface area contributed by atoms with Crippen molar-refractivity contribution in [3.05, 3.63) is 82.1 Å². The summed E-state index contributed by atoms with van der Waals surface area (Å²) in [7, 11) is 0. The molecule has 2 nitrogen and oxygen atoms in total. The van der Waals surface area contributed by atoms with E-state index < -0.39 is 0 Å². The van der Waals surface area contributed by atoms with Gasteiger partial charge in [0.1, 0.15) is 0 Å². The largest absolute Gasteiger partial charge is 0.379 e. The van der Waals surface area contributed by atoms with E-state index in [0.717, 1.165) is 17.2 Å². The van der Waals surface area contributed by atoms with Gasteiger partial charge in [-0.2, -0.15) is 0 Å². The van der Waals surface area contributed by atoms with Crippen LogP contribution in [-0.4, -0.2) is 5.75 Å². The van der Waals surface area contributed by atoms with Crippen molar-refractivity contribution in [1.82, 2.24) is 10.0 Å². The summed E-state index contributed by atoms with van der Waals surface area (Å²) in [5, 5.41) is 4.43. The van der Waals surface area contributed by atoms with Gasteiger partial charge in [0, 0.05) is 16.9 Å². The minimum Gasteiger partial charge on any atom is -0.379 e. The fourth-order valence-corrected chi connectivity index (χ4v) is 3.46. The summed E-state index contributed by atoms with van der Waals surface area (Å²) >= 11 is 7.88. The molecule has 1 heterocycles. The predicted octanol–water partition coefficient (Wildman–Crippen LogP) is 4.61. The lowest BCUT2D eigenvalue weighted by molar-refractivity contribution is 0.596. The third-order valence-electron chi connectivity index (χ3n) is 3.68. The van der Waals surface area contributed by atoms with Crippen LogP contribution in [0.4, 0.5) is 0 Å². The topological polar surface area (TPSA) is 24.1 Å². The molecule has 0 fully saturated rings. The lowest BCUT2D eigenvalue weighted by Crippen LogP contribution is -2.23. The normalized spacial score (nSPS) is 15.1. The molecule has 0 aliphatic carbocycles. The molecule has 1 unspecified atom stereocenters. The predicted molar refractivity (Wildman–Crippen MR) is 95.9 cm³/mol. The molecule has 1 atom stereocenters. The molecule has 0 spiro atoms. The monoisotopic (exact) mass is 330 g/mol. The van der Waals surface area contributed by atoms with Crippen LogP contribution in [0.15, 0.2) is 60.4 Å². The molecule has 3 rings (SSSR count). The Morgan fingerprint density at radius 3 is 2.82 bits per heavy atom. The van der Waals surface area contributed by atoms with Crippen molar-refractivity contribution in [2.24, 2.45) is 0 Å². The van der Waals surface area contributed by atoms with E-state index >= 15 is 0 Å². The molecule has 4 heteroatoms. The van der Waals surface area contributed by atoms with E-state index in [4.69, 9.17) is 11.6 Å². The van der Waals surface area contributed by atoms with Crippen LogP contribution in [0.2, 0.25) is 5.02 Å². The number of benzene rings is 2. The molecule has 0 aromatic heterocycles. The molecule has 2 aromatic carbocycles. The Balaban J connectivity index is 1.85. The number of hydrogen-bond acceptors (Lipinski definition) is 3. The van der Waals surface area contributed by atoms with Gasteiger partial charge in [-0.05, 0) is 48.6 Å². The van der Waals surface area contributed by atoms with Gasteiger partial charge in [0.25, 0.3) is 0 Å². The molecular formula is C18H19ClN2S. The third-order valence-corrected chi connectivity index (χ3v) is 4.65. The van der Waals surface area contributed by atoms with Gasteiger partial charge < -0.3 is 10.0 Å². The average molecular weight is 331 g/mol. The Labute approximate surface area is 141 Å². The highest BCUT2D eigenvalue weighted by Gasteiger charge is 2.16. The molecule has 0 amide bonds. The van der Waals surface area contributed by atoms with Crippen molar-refractivity contribution in [3.8, 4) is 0 Å². The summed E-state index contributed by atoms with van der Waals surface area (Å²) in [5.41, 5.74) is 5.06. The summed E-state index contributed by atoms with van der Waals surface area (Å²) in [6, 6.07) is 17.0. The summed E-state index contributed by atoms with van der Waals surface area (Å²) in [5.74, 6) is 0.963. The third kappa shape index (κ3) is 3.99. The molecule has 0 radical (unpaired) electrons. The molecule has 0 bridgehead atoms. The van der Waals surface area contributed by atoms with E-state index in [0.29, 0.717) is 0 Å². The highest BCUT2D eigenvalue weighted by atomic mass is 35.5. The van der Waals surface area contributed by atoms with E-state index in [1.807, 2.05) is 24.4 Å². The minimum absolute atomic E-state index is 0.215. The van der Waals surface area contributed by atoms with Crippen molar-refractivity contribution < 1.29 is 0 Å². The van der Waals surface area contributed by atoms with Crippen molar-refractivity contribution in [2.75, 3.05) is 5.75 Å². The first kappa shape index (κ1) is 15.3. The maximum atomic E-state index is 6.17. The van der Waals surface area contributed by atoms with Crippen molar-refractivity contribution in [1.29, 1.82) is 0 Å². The number of hydrogen-bond donors (Lipinski definition) is 2. The molecule has 0 saturated heterocycles. The van der Waals surface area contributed by atoms with Gasteiger partial charge in [0.15, 0.2) is 0 Å². The van der Waals surface area contributed by atoms with Gasteiger partial charge in [-0.1, -0.05) is 53.6 Å². The fraction of sp³-hybridized carbons (Fsp3) is 0.222. The summed E-state index contributed by atoms with van der Waals surface area (Å²) in [6.07, 6.45) is 2.97. The Kier molecular flexibility index (Phi) is 4.96. The Morgan fingerprint density at radius 1 is 1.23 bits per heavy atom.